The molecule has 0 saturated carbocycles. The zero-order chi connectivity index (χ0) is 16.7. The van der Waals surface area contributed by atoms with Crippen LogP contribution in [0.25, 0.3) is 11.1 Å². The molecule has 0 aliphatic heterocycles. The zero-order valence-corrected chi connectivity index (χ0v) is 12.8. The van der Waals surface area contributed by atoms with E-state index in [0.29, 0.717) is 0 Å². The summed E-state index contributed by atoms with van der Waals surface area (Å²) in [6.07, 6.45) is 0.683. The van der Waals surface area contributed by atoms with Crippen molar-refractivity contribution in [3.05, 3.63) is 66.7 Å². The van der Waals surface area contributed by atoms with Crippen molar-refractivity contribution in [2.45, 2.75) is 25.4 Å². The lowest BCUT2D eigenvalue weighted by Crippen LogP contribution is -2.19. The molecule has 4 heteroatoms. The van der Waals surface area contributed by atoms with Gasteiger partial charge in [-0.05, 0) is 48.1 Å². The fourth-order valence-electron chi connectivity index (χ4n) is 2.22. The van der Waals surface area contributed by atoms with Gasteiger partial charge in [0.15, 0.2) is 6.61 Å². The van der Waals surface area contributed by atoms with E-state index < -0.39 is 12.8 Å². The van der Waals surface area contributed by atoms with Crippen LogP contribution in [-0.2, 0) is 6.42 Å². The molecule has 0 aliphatic carbocycles. The highest BCUT2D eigenvalue weighted by Crippen LogP contribution is 2.24. The number of rotatable bonds is 7. The number of halogens is 3. The average Bonchev–Trinajstić information content (AvgIpc) is 2.54. The van der Waals surface area contributed by atoms with Crippen molar-refractivity contribution in [2.24, 2.45) is 0 Å². The van der Waals surface area contributed by atoms with Crippen LogP contribution in [0.4, 0.5) is 13.2 Å². The van der Waals surface area contributed by atoms with Crippen LogP contribution in [-0.4, -0.2) is 12.8 Å². The third-order valence-corrected chi connectivity index (χ3v) is 3.42. The van der Waals surface area contributed by atoms with E-state index in [9.17, 15) is 13.2 Å². The Morgan fingerprint density at radius 3 is 2.00 bits per heavy atom. The van der Waals surface area contributed by atoms with Crippen molar-refractivity contribution >= 4 is 0 Å². The predicted octanol–water partition coefficient (Wildman–Crippen LogP) is 5.80. The molecule has 0 unspecified atom stereocenters. The maximum atomic E-state index is 12.1. The van der Waals surface area contributed by atoms with Gasteiger partial charge < -0.3 is 4.74 Å². The Kier molecular flexibility index (Phi) is 5.85. The Morgan fingerprint density at radius 1 is 0.913 bits per heavy atom. The Bertz CT molecular complexity index is 613. The van der Waals surface area contributed by atoms with Gasteiger partial charge in [0.1, 0.15) is 5.75 Å². The van der Waals surface area contributed by atoms with E-state index in [0.717, 1.165) is 30.4 Å². The summed E-state index contributed by atoms with van der Waals surface area (Å²) in [6.45, 7) is 2.43. The molecule has 0 saturated heterocycles. The Morgan fingerprint density at radius 2 is 1.48 bits per heavy atom. The molecule has 0 spiro atoms. The number of hydrogen-bond acceptors (Lipinski definition) is 1. The van der Waals surface area contributed by atoms with Crippen molar-refractivity contribution in [1.29, 1.82) is 0 Å². The second-order valence-electron chi connectivity index (χ2n) is 5.31. The molecule has 0 radical (unpaired) electrons. The standard InChI is InChI=1S/C19H19F3O/c1-2-3-4-5-15-6-8-16(9-7-15)17-10-12-18(13-11-17)23-14-19(20,21)22/h2,6-13H,1,3-5,14H2. The highest BCUT2D eigenvalue weighted by Gasteiger charge is 2.28. The summed E-state index contributed by atoms with van der Waals surface area (Å²) in [7, 11) is 0. The maximum Gasteiger partial charge on any atom is 0.422 e. The monoisotopic (exact) mass is 320 g/mol. The smallest absolute Gasteiger partial charge is 0.422 e. The topological polar surface area (TPSA) is 9.23 Å². The lowest BCUT2D eigenvalue weighted by molar-refractivity contribution is -0.153. The first-order valence-corrected chi connectivity index (χ1v) is 7.48. The first-order valence-electron chi connectivity index (χ1n) is 7.48. The summed E-state index contributed by atoms with van der Waals surface area (Å²) in [4.78, 5) is 0. The van der Waals surface area contributed by atoms with Crippen molar-refractivity contribution in [2.75, 3.05) is 6.61 Å². The van der Waals surface area contributed by atoms with Gasteiger partial charge in [0.25, 0.3) is 0 Å². The molecule has 0 amide bonds. The molecule has 0 atom stereocenters. The molecule has 2 aromatic rings. The lowest BCUT2D eigenvalue weighted by atomic mass is 10.0. The molecule has 0 N–H and O–H groups in total. The van der Waals surface area contributed by atoms with Crippen LogP contribution >= 0.6 is 0 Å². The van der Waals surface area contributed by atoms with Gasteiger partial charge in [0, 0.05) is 0 Å². The molecular formula is C19H19F3O. The van der Waals surface area contributed by atoms with Gasteiger partial charge in [-0.3, -0.25) is 0 Å². The van der Waals surface area contributed by atoms with Crippen molar-refractivity contribution in [3.63, 3.8) is 0 Å². The van der Waals surface area contributed by atoms with Gasteiger partial charge in [-0.15, -0.1) is 6.58 Å². The molecule has 23 heavy (non-hydrogen) atoms. The van der Waals surface area contributed by atoms with Gasteiger partial charge in [-0.1, -0.05) is 42.5 Å². The van der Waals surface area contributed by atoms with Crippen molar-refractivity contribution in [1.82, 2.24) is 0 Å². The third-order valence-electron chi connectivity index (χ3n) is 3.42. The summed E-state index contributed by atoms with van der Waals surface area (Å²) in [5.74, 6) is 0.215. The Hall–Kier alpha value is -2.23. The number of ether oxygens (including phenoxy) is 1. The van der Waals surface area contributed by atoms with E-state index in [4.69, 9.17) is 4.74 Å². The molecule has 0 aromatic heterocycles. The summed E-state index contributed by atoms with van der Waals surface area (Å²) in [6, 6.07) is 14.8. The number of alkyl halides is 3. The van der Waals surface area contributed by atoms with E-state index in [1.54, 1.807) is 24.3 Å². The molecule has 0 heterocycles. The van der Waals surface area contributed by atoms with Crippen LogP contribution in [0.1, 0.15) is 18.4 Å². The summed E-state index contributed by atoms with van der Waals surface area (Å²) < 4.78 is 41.0. The van der Waals surface area contributed by atoms with Crippen LogP contribution in [0, 0.1) is 0 Å². The highest BCUT2D eigenvalue weighted by atomic mass is 19.4. The second kappa shape index (κ2) is 7.86. The number of hydrogen-bond donors (Lipinski definition) is 0. The van der Waals surface area contributed by atoms with Crippen LogP contribution in [0.2, 0.25) is 0 Å². The third kappa shape index (κ3) is 5.81. The highest BCUT2D eigenvalue weighted by molar-refractivity contribution is 5.64. The minimum Gasteiger partial charge on any atom is -0.484 e. The fourth-order valence-corrected chi connectivity index (χ4v) is 2.22. The van der Waals surface area contributed by atoms with Crippen LogP contribution in [0.15, 0.2) is 61.2 Å². The summed E-state index contributed by atoms with van der Waals surface area (Å²) in [5, 5.41) is 0. The van der Waals surface area contributed by atoms with Gasteiger partial charge >= 0.3 is 6.18 Å². The first kappa shape index (κ1) is 17.1. The predicted molar refractivity (Wildman–Crippen MR) is 86.6 cm³/mol. The second-order valence-corrected chi connectivity index (χ2v) is 5.31. The van der Waals surface area contributed by atoms with Crippen LogP contribution in [0.3, 0.4) is 0 Å². The summed E-state index contributed by atoms with van der Waals surface area (Å²) in [5.41, 5.74) is 3.24. The van der Waals surface area contributed by atoms with E-state index in [-0.39, 0.29) is 5.75 Å². The van der Waals surface area contributed by atoms with E-state index >= 15 is 0 Å². The van der Waals surface area contributed by atoms with Gasteiger partial charge in [-0.2, -0.15) is 13.2 Å². The van der Waals surface area contributed by atoms with Crippen molar-refractivity contribution in [3.8, 4) is 16.9 Å². The van der Waals surface area contributed by atoms with Gasteiger partial charge in [-0.25, -0.2) is 0 Å². The van der Waals surface area contributed by atoms with E-state index in [2.05, 4.69) is 18.7 Å². The number of allylic oxidation sites excluding steroid dienone is 1. The average molecular weight is 320 g/mol. The minimum atomic E-state index is -4.32. The zero-order valence-electron chi connectivity index (χ0n) is 12.8. The largest absolute Gasteiger partial charge is 0.484 e. The SMILES string of the molecule is C=CCCCc1ccc(-c2ccc(OCC(F)(F)F)cc2)cc1. The van der Waals surface area contributed by atoms with Gasteiger partial charge in [0.2, 0.25) is 0 Å². The Labute approximate surface area is 134 Å². The molecule has 0 fully saturated rings. The fraction of sp³-hybridized carbons (Fsp3) is 0.263. The molecule has 0 bridgehead atoms. The number of benzene rings is 2. The molecule has 2 rings (SSSR count). The molecular weight excluding hydrogens is 301 g/mol. The molecule has 0 aliphatic rings. The summed E-state index contributed by atoms with van der Waals surface area (Å²) >= 11 is 0. The molecule has 122 valence electrons. The normalized spacial score (nSPS) is 11.3. The number of unbranched alkanes of at least 4 members (excludes halogenated alkanes) is 1. The first-order chi connectivity index (χ1) is 11.0. The van der Waals surface area contributed by atoms with Crippen LogP contribution in [0.5, 0.6) is 5.75 Å². The maximum absolute atomic E-state index is 12.1. The van der Waals surface area contributed by atoms with Crippen LogP contribution < -0.4 is 4.74 Å². The quantitative estimate of drug-likeness (QED) is 0.462. The van der Waals surface area contributed by atoms with E-state index in [1.807, 2.05) is 18.2 Å². The number of aryl methyl sites for hydroxylation is 1. The Balaban J connectivity index is 1.97. The van der Waals surface area contributed by atoms with Crippen molar-refractivity contribution < 1.29 is 17.9 Å². The molecule has 2 aromatic carbocycles. The lowest BCUT2D eigenvalue weighted by Gasteiger charge is -2.10. The van der Waals surface area contributed by atoms with Gasteiger partial charge in [0.05, 0.1) is 0 Å². The minimum absolute atomic E-state index is 0.215. The molecule has 1 nitrogen and oxygen atoms in total. The van der Waals surface area contributed by atoms with E-state index in [1.165, 1.54) is 5.56 Å².